The molecule has 0 bridgehead atoms. The lowest BCUT2D eigenvalue weighted by Gasteiger charge is -2.21. The van der Waals surface area contributed by atoms with Gasteiger partial charge < -0.3 is 23.9 Å². The lowest BCUT2D eigenvalue weighted by atomic mass is 9.94. The number of fused-ring (bicyclic) bond motifs is 6. The normalized spacial score (nSPS) is 18.2. The monoisotopic (exact) mass is 406 g/mol. The number of hydrogen-bond donors (Lipinski definition) is 1. The molecule has 152 valence electrons. The van der Waals surface area contributed by atoms with Gasteiger partial charge in [-0.1, -0.05) is 6.92 Å². The van der Waals surface area contributed by atoms with E-state index in [4.69, 9.17) is 19.2 Å². The average Bonchev–Trinajstić information content (AvgIpc) is 3.35. The first kappa shape index (κ1) is 17.5. The second-order valence-corrected chi connectivity index (χ2v) is 7.77. The quantitative estimate of drug-likeness (QED) is 0.483. The molecule has 1 N–H and O–H groups in total. The average molecular weight is 406 g/mol. The van der Waals surface area contributed by atoms with Crippen LogP contribution in [0.5, 0.6) is 11.5 Å². The molecule has 5 heterocycles. The third-order valence-corrected chi connectivity index (χ3v) is 6.29. The fraction of sp³-hybridized carbons (Fsp3) is 0.318. The fourth-order valence-electron chi connectivity index (χ4n) is 4.87. The zero-order valence-corrected chi connectivity index (χ0v) is 16.4. The summed E-state index contributed by atoms with van der Waals surface area (Å²) in [4.78, 5) is 29.8. The van der Waals surface area contributed by atoms with Crippen LogP contribution in [0.4, 0.5) is 0 Å². The predicted molar refractivity (Wildman–Crippen MR) is 106 cm³/mol. The van der Waals surface area contributed by atoms with Gasteiger partial charge in [0.1, 0.15) is 6.61 Å². The van der Waals surface area contributed by atoms with Crippen LogP contribution in [-0.2, 0) is 29.1 Å². The Labute approximate surface area is 170 Å². The van der Waals surface area contributed by atoms with Gasteiger partial charge in [0.15, 0.2) is 17.6 Å². The molecule has 8 nitrogen and oxygen atoms in total. The van der Waals surface area contributed by atoms with E-state index in [1.807, 2.05) is 13.0 Å². The number of aliphatic hydroxyl groups is 1. The Bertz CT molecular complexity index is 1360. The van der Waals surface area contributed by atoms with Crippen LogP contribution in [0.25, 0.3) is 22.3 Å². The van der Waals surface area contributed by atoms with Crippen LogP contribution in [-0.4, -0.2) is 27.4 Å². The minimum atomic E-state index is -1.46. The standard InChI is InChI=1S/C22H18N2O6/c1-3-10-12-6-24-15(4-11-13(21(24)26)7-28-22(27)19(11)25)18(12)23-14-5-16-20(30-8-29-16)9(2)17(10)14/h4-5,19,25H,3,6-8H2,1-2H3/t19-/m0/s1. The van der Waals surface area contributed by atoms with E-state index >= 15 is 0 Å². The number of nitrogens with zero attached hydrogens (tertiary/aromatic N) is 2. The highest BCUT2D eigenvalue weighted by atomic mass is 16.7. The van der Waals surface area contributed by atoms with Crippen molar-refractivity contribution in [1.82, 2.24) is 9.55 Å². The van der Waals surface area contributed by atoms with Crippen LogP contribution in [0.15, 0.2) is 16.9 Å². The number of carbonyl (C=O) groups excluding carboxylic acids is 1. The molecule has 1 aromatic carbocycles. The molecule has 2 aromatic heterocycles. The Kier molecular flexibility index (Phi) is 3.39. The van der Waals surface area contributed by atoms with Crippen LogP contribution in [0.3, 0.4) is 0 Å². The second kappa shape index (κ2) is 5.82. The van der Waals surface area contributed by atoms with Gasteiger partial charge in [0, 0.05) is 28.1 Å². The molecular weight excluding hydrogens is 388 g/mol. The number of ether oxygens (including phenoxy) is 3. The second-order valence-electron chi connectivity index (χ2n) is 7.77. The van der Waals surface area contributed by atoms with Gasteiger partial charge in [-0.15, -0.1) is 0 Å². The van der Waals surface area contributed by atoms with Crippen molar-refractivity contribution in [2.45, 2.75) is 39.5 Å². The summed E-state index contributed by atoms with van der Waals surface area (Å²) in [6.45, 7) is 4.52. The Morgan fingerprint density at radius 3 is 2.83 bits per heavy atom. The lowest BCUT2D eigenvalue weighted by Crippen LogP contribution is -2.32. The minimum absolute atomic E-state index is 0.128. The first-order valence-corrected chi connectivity index (χ1v) is 9.86. The van der Waals surface area contributed by atoms with Crippen LogP contribution in [0.1, 0.15) is 40.8 Å². The summed E-state index contributed by atoms with van der Waals surface area (Å²) in [6, 6.07) is 3.57. The van der Waals surface area contributed by atoms with E-state index in [2.05, 4.69) is 6.92 Å². The topological polar surface area (TPSA) is 99.9 Å². The Morgan fingerprint density at radius 2 is 2.03 bits per heavy atom. The maximum absolute atomic E-state index is 13.1. The van der Waals surface area contributed by atoms with E-state index in [0.29, 0.717) is 34.8 Å². The van der Waals surface area contributed by atoms with Gasteiger partial charge in [-0.2, -0.15) is 0 Å². The SMILES string of the molecule is CCc1c2c(nc3cc4c(c(C)c13)OCO4)-c1cc3c(c(=O)n1C2)COC(=O)[C@H]3O. The Hall–Kier alpha value is -3.39. The highest BCUT2D eigenvalue weighted by Gasteiger charge is 2.35. The molecule has 3 aliphatic rings. The van der Waals surface area contributed by atoms with Gasteiger partial charge in [-0.3, -0.25) is 4.79 Å². The molecule has 8 heteroatoms. The third-order valence-electron chi connectivity index (χ3n) is 6.29. The van der Waals surface area contributed by atoms with Crippen molar-refractivity contribution < 1.29 is 24.1 Å². The molecule has 3 aliphatic heterocycles. The maximum Gasteiger partial charge on any atom is 0.340 e. The molecule has 30 heavy (non-hydrogen) atoms. The summed E-state index contributed by atoms with van der Waals surface area (Å²) >= 11 is 0. The summed E-state index contributed by atoms with van der Waals surface area (Å²) in [5.41, 5.74) is 5.50. The lowest BCUT2D eigenvalue weighted by molar-refractivity contribution is -0.157. The van der Waals surface area contributed by atoms with Crippen molar-refractivity contribution in [3.8, 4) is 22.9 Å². The molecular formula is C22H18N2O6. The maximum atomic E-state index is 13.1. The highest BCUT2D eigenvalue weighted by molar-refractivity contribution is 5.94. The molecule has 0 fully saturated rings. The third kappa shape index (κ3) is 2.06. The molecule has 0 unspecified atom stereocenters. The summed E-state index contributed by atoms with van der Waals surface area (Å²) in [5.74, 6) is 0.656. The van der Waals surface area contributed by atoms with E-state index in [9.17, 15) is 14.7 Å². The van der Waals surface area contributed by atoms with Crippen molar-refractivity contribution in [2.24, 2.45) is 0 Å². The van der Waals surface area contributed by atoms with Crippen LogP contribution < -0.4 is 15.0 Å². The fourth-order valence-corrected chi connectivity index (χ4v) is 4.87. The zero-order valence-electron chi connectivity index (χ0n) is 16.4. The van der Waals surface area contributed by atoms with Gasteiger partial charge in [0.2, 0.25) is 6.79 Å². The highest BCUT2D eigenvalue weighted by Crippen LogP contribution is 2.44. The van der Waals surface area contributed by atoms with Gasteiger partial charge in [-0.05, 0) is 25.0 Å². The number of esters is 1. The number of benzene rings is 1. The summed E-state index contributed by atoms with van der Waals surface area (Å²) in [6.07, 6.45) is -0.701. The minimum Gasteiger partial charge on any atom is -0.458 e. The van der Waals surface area contributed by atoms with E-state index < -0.39 is 12.1 Å². The first-order chi connectivity index (χ1) is 14.5. The molecule has 0 amide bonds. The first-order valence-electron chi connectivity index (χ1n) is 9.86. The number of pyridine rings is 2. The largest absolute Gasteiger partial charge is 0.458 e. The number of cyclic esters (lactones) is 1. The molecule has 0 saturated carbocycles. The smallest absolute Gasteiger partial charge is 0.340 e. The number of aliphatic hydroxyl groups excluding tert-OH is 1. The number of carbonyl (C=O) groups is 1. The van der Waals surface area contributed by atoms with E-state index in [0.717, 1.165) is 39.8 Å². The van der Waals surface area contributed by atoms with Crippen molar-refractivity contribution >= 4 is 16.9 Å². The summed E-state index contributed by atoms with van der Waals surface area (Å²) in [5, 5.41) is 11.3. The van der Waals surface area contributed by atoms with Crippen LogP contribution >= 0.6 is 0 Å². The van der Waals surface area contributed by atoms with E-state index in [1.165, 1.54) is 0 Å². The van der Waals surface area contributed by atoms with Crippen molar-refractivity contribution in [1.29, 1.82) is 0 Å². The zero-order chi connectivity index (χ0) is 20.7. The molecule has 0 aliphatic carbocycles. The molecule has 0 radical (unpaired) electrons. The Morgan fingerprint density at radius 1 is 1.20 bits per heavy atom. The molecule has 3 aromatic rings. The van der Waals surface area contributed by atoms with E-state index in [1.54, 1.807) is 10.6 Å². The van der Waals surface area contributed by atoms with Gasteiger partial charge >= 0.3 is 5.97 Å². The summed E-state index contributed by atoms with van der Waals surface area (Å²) in [7, 11) is 0. The van der Waals surface area contributed by atoms with Gasteiger partial charge in [0.05, 0.1) is 29.0 Å². The number of hydrogen-bond acceptors (Lipinski definition) is 7. The number of aromatic nitrogens is 2. The number of rotatable bonds is 1. The molecule has 0 saturated heterocycles. The van der Waals surface area contributed by atoms with Crippen molar-refractivity contribution in [3.05, 3.63) is 50.3 Å². The molecule has 6 rings (SSSR count). The predicted octanol–water partition coefficient (Wildman–Crippen LogP) is 2.11. The summed E-state index contributed by atoms with van der Waals surface area (Å²) < 4.78 is 17.8. The van der Waals surface area contributed by atoms with Crippen LogP contribution in [0, 0.1) is 6.92 Å². The van der Waals surface area contributed by atoms with E-state index in [-0.39, 0.29) is 19.0 Å². The van der Waals surface area contributed by atoms with Crippen molar-refractivity contribution in [3.63, 3.8) is 0 Å². The van der Waals surface area contributed by atoms with Gasteiger partial charge in [0.25, 0.3) is 5.56 Å². The number of aryl methyl sites for hydroxylation is 2. The molecule has 0 spiro atoms. The van der Waals surface area contributed by atoms with Gasteiger partial charge in [-0.25, -0.2) is 9.78 Å². The van der Waals surface area contributed by atoms with Crippen molar-refractivity contribution in [2.75, 3.05) is 6.79 Å². The van der Waals surface area contributed by atoms with Crippen LogP contribution in [0.2, 0.25) is 0 Å². The Balaban J connectivity index is 1.67. The molecule has 1 atom stereocenters.